The molecule has 0 aromatic carbocycles. The molecule has 1 aromatic heterocycles. The smallest absolute Gasteiger partial charge is 0.140 e. The number of aromatic nitrogens is 2. The van der Waals surface area contributed by atoms with Gasteiger partial charge in [0.1, 0.15) is 11.6 Å². The number of thioether (sulfide) groups is 1. The molecule has 0 bridgehead atoms. The Morgan fingerprint density at radius 3 is 2.47 bits per heavy atom. The quantitative estimate of drug-likeness (QED) is 0.759. The molecule has 0 aliphatic carbocycles. The van der Waals surface area contributed by atoms with Crippen molar-refractivity contribution < 1.29 is 0 Å². The highest BCUT2D eigenvalue weighted by atomic mass is 32.2. The van der Waals surface area contributed by atoms with Crippen LogP contribution >= 0.6 is 11.8 Å². The van der Waals surface area contributed by atoms with Crippen molar-refractivity contribution >= 4 is 17.6 Å². The second-order valence-corrected chi connectivity index (χ2v) is 6.89. The van der Waals surface area contributed by atoms with Gasteiger partial charge < -0.3 is 5.32 Å². The minimum absolute atomic E-state index is 0.0652. The Labute approximate surface area is 122 Å². The van der Waals surface area contributed by atoms with E-state index in [-0.39, 0.29) is 5.41 Å². The summed E-state index contributed by atoms with van der Waals surface area (Å²) >= 11 is 1.91. The first-order valence-electron chi connectivity index (χ1n) is 7.17. The Balaban J connectivity index is 2.89. The lowest BCUT2D eigenvalue weighted by atomic mass is 9.92. The standard InChI is InChI=1S/C15H27N3S/c1-6-8-16-13-10-12(15(3,4)5)17-14(18-13)11-19-9-7-2/h10H,6-9,11H2,1-5H3,(H,16,17,18). The van der Waals surface area contributed by atoms with Crippen molar-refractivity contribution in [3.63, 3.8) is 0 Å². The molecule has 0 saturated heterocycles. The van der Waals surface area contributed by atoms with E-state index in [4.69, 9.17) is 4.98 Å². The summed E-state index contributed by atoms with van der Waals surface area (Å²) in [5, 5.41) is 3.38. The Morgan fingerprint density at radius 2 is 1.89 bits per heavy atom. The summed E-state index contributed by atoms with van der Waals surface area (Å²) in [6, 6.07) is 2.09. The van der Waals surface area contributed by atoms with Crippen LogP contribution in [0.25, 0.3) is 0 Å². The van der Waals surface area contributed by atoms with E-state index < -0.39 is 0 Å². The Bertz CT molecular complexity index is 385. The summed E-state index contributed by atoms with van der Waals surface area (Å²) in [4.78, 5) is 9.33. The van der Waals surface area contributed by atoms with E-state index >= 15 is 0 Å². The van der Waals surface area contributed by atoms with Crippen LogP contribution in [-0.4, -0.2) is 22.3 Å². The molecule has 0 fully saturated rings. The van der Waals surface area contributed by atoms with Gasteiger partial charge >= 0.3 is 0 Å². The van der Waals surface area contributed by atoms with Gasteiger partial charge in [-0.15, -0.1) is 0 Å². The lowest BCUT2D eigenvalue weighted by molar-refractivity contribution is 0.564. The Morgan fingerprint density at radius 1 is 1.16 bits per heavy atom. The van der Waals surface area contributed by atoms with Crippen molar-refractivity contribution in [1.82, 2.24) is 9.97 Å². The highest BCUT2D eigenvalue weighted by Gasteiger charge is 2.17. The zero-order chi connectivity index (χ0) is 14.3. The third-order valence-corrected chi connectivity index (χ3v) is 3.84. The monoisotopic (exact) mass is 281 g/mol. The van der Waals surface area contributed by atoms with Crippen LogP contribution in [0.15, 0.2) is 6.07 Å². The summed E-state index contributed by atoms with van der Waals surface area (Å²) in [5.41, 5.74) is 1.18. The van der Waals surface area contributed by atoms with E-state index in [2.05, 4.69) is 51.0 Å². The van der Waals surface area contributed by atoms with E-state index in [1.807, 2.05) is 11.8 Å². The number of rotatable bonds is 7. The summed E-state index contributed by atoms with van der Waals surface area (Å²) in [7, 11) is 0. The van der Waals surface area contributed by atoms with Gasteiger partial charge in [0.05, 0.1) is 11.4 Å². The third-order valence-electron chi connectivity index (χ3n) is 2.68. The molecule has 108 valence electrons. The average Bonchev–Trinajstić information content (AvgIpc) is 2.35. The van der Waals surface area contributed by atoms with E-state index in [1.54, 1.807) is 0 Å². The zero-order valence-corrected chi connectivity index (χ0v) is 13.7. The highest BCUT2D eigenvalue weighted by molar-refractivity contribution is 7.98. The van der Waals surface area contributed by atoms with E-state index in [0.717, 1.165) is 36.1 Å². The number of hydrogen-bond donors (Lipinski definition) is 1. The van der Waals surface area contributed by atoms with Crippen molar-refractivity contribution in [3.05, 3.63) is 17.6 Å². The molecular formula is C15H27N3S. The van der Waals surface area contributed by atoms with E-state index in [0.29, 0.717) is 0 Å². The van der Waals surface area contributed by atoms with Gasteiger partial charge in [0.25, 0.3) is 0 Å². The van der Waals surface area contributed by atoms with Crippen molar-refractivity contribution in [2.45, 2.75) is 58.6 Å². The molecule has 0 atom stereocenters. The molecule has 0 amide bonds. The molecule has 0 saturated carbocycles. The molecule has 3 nitrogen and oxygen atoms in total. The molecule has 0 unspecified atom stereocenters. The van der Waals surface area contributed by atoms with Crippen LogP contribution in [0.5, 0.6) is 0 Å². The molecule has 1 heterocycles. The van der Waals surface area contributed by atoms with Gasteiger partial charge in [-0.2, -0.15) is 11.8 Å². The van der Waals surface area contributed by atoms with Gasteiger partial charge in [-0.3, -0.25) is 0 Å². The topological polar surface area (TPSA) is 37.8 Å². The maximum Gasteiger partial charge on any atom is 0.140 e. The summed E-state index contributed by atoms with van der Waals surface area (Å²) < 4.78 is 0. The molecule has 0 radical (unpaired) electrons. The van der Waals surface area contributed by atoms with Gasteiger partial charge in [-0.25, -0.2) is 9.97 Å². The fraction of sp³-hybridized carbons (Fsp3) is 0.733. The lowest BCUT2D eigenvalue weighted by Gasteiger charge is -2.19. The second kappa shape index (κ2) is 7.73. The number of nitrogens with zero attached hydrogens (tertiary/aromatic N) is 2. The summed E-state index contributed by atoms with van der Waals surface area (Å²) in [6.07, 6.45) is 2.30. The van der Waals surface area contributed by atoms with E-state index in [1.165, 1.54) is 12.2 Å². The zero-order valence-electron chi connectivity index (χ0n) is 12.9. The minimum atomic E-state index is 0.0652. The Hall–Kier alpha value is -0.770. The maximum atomic E-state index is 4.71. The molecular weight excluding hydrogens is 254 g/mol. The largest absolute Gasteiger partial charge is 0.370 e. The van der Waals surface area contributed by atoms with Crippen LogP contribution in [0.4, 0.5) is 5.82 Å². The van der Waals surface area contributed by atoms with Crippen LogP contribution in [0, 0.1) is 0 Å². The SMILES string of the molecule is CCCNc1cc(C(C)(C)C)nc(CSCCC)n1. The van der Waals surface area contributed by atoms with Crippen molar-refractivity contribution in [3.8, 4) is 0 Å². The van der Waals surface area contributed by atoms with Gasteiger partial charge in [0.15, 0.2) is 0 Å². The maximum absolute atomic E-state index is 4.71. The number of nitrogens with one attached hydrogen (secondary N) is 1. The molecule has 1 aromatic rings. The lowest BCUT2D eigenvalue weighted by Crippen LogP contribution is -2.17. The fourth-order valence-corrected chi connectivity index (χ4v) is 2.34. The summed E-state index contributed by atoms with van der Waals surface area (Å²) in [5.74, 6) is 3.98. The molecule has 0 spiro atoms. The van der Waals surface area contributed by atoms with Crippen LogP contribution < -0.4 is 5.32 Å². The van der Waals surface area contributed by atoms with Gasteiger partial charge in [0.2, 0.25) is 0 Å². The van der Waals surface area contributed by atoms with Gasteiger partial charge in [0, 0.05) is 18.0 Å². The van der Waals surface area contributed by atoms with Crippen molar-refractivity contribution in [1.29, 1.82) is 0 Å². The van der Waals surface area contributed by atoms with Gasteiger partial charge in [-0.1, -0.05) is 34.6 Å². The minimum Gasteiger partial charge on any atom is -0.370 e. The second-order valence-electron chi connectivity index (χ2n) is 5.78. The fourth-order valence-electron chi connectivity index (χ4n) is 1.60. The highest BCUT2D eigenvalue weighted by Crippen LogP contribution is 2.23. The van der Waals surface area contributed by atoms with Crippen LogP contribution in [0.1, 0.15) is 59.0 Å². The Kier molecular flexibility index (Phi) is 6.63. The molecule has 0 aliphatic heterocycles. The normalized spacial score (nSPS) is 11.6. The van der Waals surface area contributed by atoms with Gasteiger partial charge in [-0.05, 0) is 18.6 Å². The first-order chi connectivity index (χ1) is 8.97. The summed E-state index contributed by atoms with van der Waals surface area (Å²) in [6.45, 7) is 11.9. The van der Waals surface area contributed by atoms with E-state index in [9.17, 15) is 0 Å². The first-order valence-corrected chi connectivity index (χ1v) is 8.33. The number of hydrogen-bond acceptors (Lipinski definition) is 4. The van der Waals surface area contributed by atoms with Crippen molar-refractivity contribution in [2.24, 2.45) is 0 Å². The number of anilines is 1. The van der Waals surface area contributed by atoms with Crippen molar-refractivity contribution in [2.75, 3.05) is 17.6 Å². The molecule has 1 N–H and O–H groups in total. The molecule has 0 aliphatic rings. The first kappa shape index (κ1) is 16.3. The van der Waals surface area contributed by atoms with Crippen LogP contribution in [0.3, 0.4) is 0 Å². The van der Waals surface area contributed by atoms with Crippen LogP contribution in [0.2, 0.25) is 0 Å². The molecule has 19 heavy (non-hydrogen) atoms. The molecule has 4 heteroatoms. The predicted molar refractivity (Wildman–Crippen MR) is 86.0 cm³/mol. The predicted octanol–water partition coefficient (Wildman–Crippen LogP) is 4.24. The van der Waals surface area contributed by atoms with Crippen LogP contribution in [-0.2, 0) is 11.2 Å². The third kappa shape index (κ3) is 5.81. The molecule has 1 rings (SSSR count). The average molecular weight is 281 g/mol.